The maximum absolute atomic E-state index is 13.8. The van der Waals surface area contributed by atoms with E-state index in [4.69, 9.17) is 9.84 Å². The predicted octanol–water partition coefficient (Wildman–Crippen LogP) is 3.36. The molecule has 0 aliphatic rings. The van der Waals surface area contributed by atoms with Gasteiger partial charge in [-0.05, 0) is 24.4 Å². The average Bonchev–Trinajstić information content (AvgIpc) is 2.30. The van der Waals surface area contributed by atoms with Crippen LogP contribution in [-0.4, -0.2) is 11.7 Å². The van der Waals surface area contributed by atoms with E-state index < -0.39 is 28.6 Å². The minimum Gasteiger partial charge on any atom is -0.505 e. The number of phenolic OH excluding ortho intramolecular Hbond substituents is 1. The zero-order chi connectivity index (χ0) is 12.6. The molecular formula is C12H9F3O2. The Kier molecular flexibility index (Phi) is 2.83. The largest absolute Gasteiger partial charge is 0.505 e. The smallest absolute Gasteiger partial charge is 0.201 e. The first-order chi connectivity index (χ1) is 8.06. The van der Waals surface area contributed by atoms with Gasteiger partial charge in [0.05, 0.1) is 12.0 Å². The van der Waals surface area contributed by atoms with Crippen LogP contribution in [0.5, 0.6) is 11.5 Å². The van der Waals surface area contributed by atoms with Gasteiger partial charge in [0.15, 0.2) is 23.1 Å². The van der Waals surface area contributed by atoms with Gasteiger partial charge in [0.2, 0.25) is 5.82 Å². The molecule has 0 aromatic heterocycles. The van der Waals surface area contributed by atoms with Crippen molar-refractivity contribution in [3.05, 3.63) is 35.7 Å². The number of ether oxygens (including phenoxy) is 1. The first-order valence-corrected chi connectivity index (χ1v) is 4.98. The maximum atomic E-state index is 13.8. The number of phenols is 1. The fourth-order valence-electron chi connectivity index (χ4n) is 1.62. The second kappa shape index (κ2) is 4.16. The van der Waals surface area contributed by atoms with Gasteiger partial charge >= 0.3 is 0 Å². The van der Waals surface area contributed by atoms with E-state index in [1.807, 2.05) is 0 Å². The summed E-state index contributed by atoms with van der Waals surface area (Å²) in [6, 6.07) is 3.62. The molecule has 0 aliphatic carbocycles. The third kappa shape index (κ3) is 1.77. The summed E-state index contributed by atoms with van der Waals surface area (Å²) in [5, 5.41) is 8.64. The Balaban J connectivity index is 2.80. The molecule has 17 heavy (non-hydrogen) atoms. The van der Waals surface area contributed by atoms with Gasteiger partial charge in [-0.3, -0.25) is 0 Å². The van der Waals surface area contributed by atoms with Crippen LogP contribution < -0.4 is 4.74 Å². The molecule has 90 valence electrons. The van der Waals surface area contributed by atoms with E-state index in [1.165, 1.54) is 12.1 Å². The van der Waals surface area contributed by atoms with Crippen molar-refractivity contribution < 1.29 is 23.0 Å². The minimum atomic E-state index is -1.47. The van der Waals surface area contributed by atoms with Gasteiger partial charge in [-0.1, -0.05) is 6.07 Å². The molecule has 0 amide bonds. The Hall–Kier alpha value is -1.91. The van der Waals surface area contributed by atoms with Crippen molar-refractivity contribution in [3.63, 3.8) is 0 Å². The summed E-state index contributed by atoms with van der Waals surface area (Å²) in [6.07, 6.45) is 0. The molecule has 5 heteroatoms. The minimum absolute atomic E-state index is 0.0716. The topological polar surface area (TPSA) is 29.5 Å². The number of halogens is 3. The first-order valence-electron chi connectivity index (χ1n) is 4.98. The molecule has 0 radical (unpaired) electrons. The molecule has 0 bridgehead atoms. The third-order valence-corrected chi connectivity index (χ3v) is 2.37. The number of rotatable bonds is 2. The van der Waals surface area contributed by atoms with Crippen molar-refractivity contribution in [1.82, 2.24) is 0 Å². The molecule has 0 aliphatic heterocycles. The molecule has 0 heterocycles. The van der Waals surface area contributed by atoms with Gasteiger partial charge in [0.1, 0.15) is 0 Å². The van der Waals surface area contributed by atoms with Crippen LogP contribution in [0, 0.1) is 17.5 Å². The second-order valence-corrected chi connectivity index (χ2v) is 3.43. The zero-order valence-electron chi connectivity index (χ0n) is 8.93. The lowest BCUT2D eigenvalue weighted by molar-refractivity contribution is 0.322. The van der Waals surface area contributed by atoms with Gasteiger partial charge in [0, 0.05) is 0 Å². The Labute approximate surface area is 95.2 Å². The molecule has 0 spiro atoms. The van der Waals surface area contributed by atoms with Crippen molar-refractivity contribution in [2.75, 3.05) is 6.61 Å². The molecule has 0 atom stereocenters. The lowest BCUT2D eigenvalue weighted by Gasteiger charge is -2.09. The van der Waals surface area contributed by atoms with Crippen LogP contribution in [-0.2, 0) is 0 Å². The molecule has 0 saturated carbocycles. The summed E-state index contributed by atoms with van der Waals surface area (Å²) < 4.78 is 45.4. The van der Waals surface area contributed by atoms with Gasteiger partial charge in [0.25, 0.3) is 0 Å². The van der Waals surface area contributed by atoms with E-state index in [2.05, 4.69) is 0 Å². The molecular weight excluding hydrogens is 233 g/mol. The summed E-state index contributed by atoms with van der Waals surface area (Å²) in [7, 11) is 0. The quantitative estimate of drug-likeness (QED) is 0.874. The fraction of sp³-hybridized carbons (Fsp3) is 0.167. The maximum Gasteiger partial charge on any atom is 0.201 e. The highest BCUT2D eigenvalue weighted by Gasteiger charge is 2.18. The molecule has 0 saturated heterocycles. The van der Waals surface area contributed by atoms with Crippen LogP contribution >= 0.6 is 0 Å². The van der Waals surface area contributed by atoms with Gasteiger partial charge < -0.3 is 9.84 Å². The van der Waals surface area contributed by atoms with E-state index in [1.54, 1.807) is 6.92 Å². The summed E-state index contributed by atoms with van der Waals surface area (Å²) in [4.78, 5) is 0. The number of fused-ring (bicyclic) bond motifs is 1. The monoisotopic (exact) mass is 242 g/mol. The van der Waals surface area contributed by atoms with Crippen LogP contribution in [0.4, 0.5) is 13.2 Å². The number of benzene rings is 2. The molecule has 0 fully saturated rings. The van der Waals surface area contributed by atoms with Gasteiger partial charge in [-0.15, -0.1) is 0 Å². The number of hydrogen-bond acceptors (Lipinski definition) is 2. The first kappa shape index (κ1) is 11.6. The van der Waals surface area contributed by atoms with Crippen molar-refractivity contribution in [1.29, 1.82) is 0 Å². The van der Waals surface area contributed by atoms with Crippen LogP contribution in [0.15, 0.2) is 18.2 Å². The Morgan fingerprint density at radius 3 is 2.47 bits per heavy atom. The van der Waals surface area contributed by atoms with E-state index in [0.29, 0.717) is 0 Å². The van der Waals surface area contributed by atoms with E-state index >= 15 is 0 Å². The summed E-state index contributed by atoms with van der Waals surface area (Å²) in [5.74, 6) is -4.85. The Bertz CT molecular complexity index is 582. The lowest BCUT2D eigenvalue weighted by Crippen LogP contribution is -1.97. The Morgan fingerprint density at radius 2 is 1.82 bits per heavy atom. The lowest BCUT2D eigenvalue weighted by atomic mass is 10.1. The highest BCUT2D eigenvalue weighted by molar-refractivity contribution is 5.86. The van der Waals surface area contributed by atoms with Crippen LogP contribution in [0.25, 0.3) is 10.8 Å². The standard InChI is InChI=1S/C12H9F3O2/c1-2-17-8-4-3-6-5-7(16)10(13)12(15)9(6)11(8)14/h3-5,16H,2H2,1H3. The highest BCUT2D eigenvalue weighted by atomic mass is 19.2. The van der Waals surface area contributed by atoms with Crippen LogP contribution in [0.1, 0.15) is 6.92 Å². The second-order valence-electron chi connectivity index (χ2n) is 3.43. The van der Waals surface area contributed by atoms with E-state index in [-0.39, 0.29) is 17.7 Å². The van der Waals surface area contributed by atoms with Gasteiger partial charge in [-0.2, -0.15) is 4.39 Å². The normalized spacial score (nSPS) is 10.8. The van der Waals surface area contributed by atoms with Crippen LogP contribution in [0.2, 0.25) is 0 Å². The van der Waals surface area contributed by atoms with E-state index in [0.717, 1.165) is 6.07 Å². The van der Waals surface area contributed by atoms with Crippen molar-refractivity contribution in [3.8, 4) is 11.5 Å². The van der Waals surface area contributed by atoms with Crippen LogP contribution in [0.3, 0.4) is 0 Å². The molecule has 2 aromatic carbocycles. The molecule has 2 aromatic rings. The molecule has 2 rings (SSSR count). The number of aromatic hydroxyl groups is 1. The SMILES string of the molecule is CCOc1ccc2cc(O)c(F)c(F)c2c1F. The summed E-state index contributed by atoms with van der Waals surface area (Å²) in [5.41, 5.74) is 0. The Morgan fingerprint density at radius 1 is 1.12 bits per heavy atom. The number of hydrogen-bond donors (Lipinski definition) is 1. The predicted molar refractivity (Wildman–Crippen MR) is 56.7 cm³/mol. The molecule has 1 N–H and O–H groups in total. The van der Waals surface area contributed by atoms with Crippen molar-refractivity contribution in [2.24, 2.45) is 0 Å². The van der Waals surface area contributed by atoms with E-state index in [9.17, 15) is 13.2 Å². The van der Waals surface area contributed by atoms with Gasteiger partial charge in [-0.25, -0.2) is 8.78 Å². The fourth-order valence-corrected chi connectivity index (χ4v) is 1.62. The third-order valence-electron chi connectivity index (χ3n) is 2.37. The summed E-state index contributed by atoms with van der Waals surface area (Å²) in [6.45, 7) is 1.86. The van der Waals surface area contributed by atoms with Crippen molar-refractivity contribution >= 4 is 10.8 Å². The molecule has 2 nitrogen and oxygen atoms in total. The highest BCUT2D eigenvalue weighted by Crippen LogP contribution is 2.33. The van der Waals surface area contributed by atoms with Crippen molar-refractivity contribution in [2.45, 2.75) is 6.92 Å². The average molecular weight is 242 g/mol. The molecule has 0 unspecified atom stereocenters. The zero-order valence-corrected chi connectivity index (χ0v) is 8.93. The summed E-state index contributed by atoms with van der Waals surface area (Å²) >= 11 is 0.